The van der Waals surface area contributed by atoms with E-state index < -0.39 is 0 Å². The van der Waals surface area contributed by atoms with Crippen LogP contribution in [0.4, 0.5) is 0 Å². The Morgan fingerprint density at radius 2 is 2.06 bits per heavy atom. The van der Waals surface area contributed by atoms with Crippen LogP contribution < -0.4 is 5.43 Å². The molecule has 0 aliphatic heterocycles. The Kier molecular flexibility index (Phi) is 3.06. The molecule has 1 aromatic carbocycles. The van der Waals surface area contributed by atoms with Crippen LogP contribution in [-0.2, 0) is 6.61 Å². The van der Waals surface area contributed by atoms with E-state index in [4.69, 9.17) is 5.11 Å². The second-order valence-electron chi connectivity index (χ2n) is 4.01. The molecule has 0 fully saturated rings. The summed E-state index contributed by atoms with van der Waals surface area (Å²) in [6.45, 7) is 3.47. The topological polar surface area (TPSA) is 55.1 Å². The molecule has 4 heteroatoms. The maximum Gasteiger partial charge on any atom is 0.206 e. The lowest BCUT2D eigenvalue weighted by molar-refractivity contribution is 0.273. The molecule has 17 heavy (non-hydrogen) atoms. The van der Waals surface area contributed by atoms with Gasteiger partial charge in [-0.2, -0.15) is 5.10 Å². The largest absolute Gasteiger partial charge is 0.390 e. The van der Waals surface area contributed by atoms with Gasteiger partial charge in [-0.25, -0.2) is 4.68 Å². The number of aliphatic hydroxyl groups excluding tert-OH is 1. The molecular weight excluding hydrogens is 216 g/mol. The van der Waals surface area contributed by atoms with Gasteiger partial charge in [0.15, 0.2) is 0 Å². The minimum absolute atomic E-state index is 0.164. The number of aryl methyl sites for hydroxylation is 2. The van der Waals surface area contributed by atoms with E-state index >= 15 is 0 Å². The van der Waals surface area contributed by atoms with Crippen LogP contribution in [0.3, 0.4) is 0 Å². The Hall–Kier alpha value is -1.94. The minimum Gasteiger partial charge on any atom is -0.390 e. The van der Waals surface area contributed by atoms with Crippen molar-refractivity contribution < 1.29 is 5.11 Å². The number of benzene rings is 1. The van der Waals surface area contributed by atoms with E-state index in [1.165, 1.54) is 6.07 Å². The summed E-state index contributed by atoms with van der Waals surface area (Å²) in [4.78, 5) is 11.5. The number of aliphatic hydroxyl groups is 1. The van der Waals surface area contributed by atoms with Crippen molar-refractivity contribution in [3.63, 3.8) is 0 Å². The fourth-order valence-corrected chi connectivity index (χ4v) is 1.71. The lowest BCUT2D eigenvalue weighted by Gasteiger charge is -2.10. The fraction of sp³-hybridized carbons (Fsp3) is 0.231. The van der Waals surface area contributed by atoms with E-state index in [9.17, 15) is 4.79 Å². The quantitative estimate of drug-likeness (QED) is 0.847. The van der Waals surface area contributed by atoms with Gasteiger partial charge in [0.2, 0.25) is 5.43 Å². The molecule has 0 spiro atoms. The van der Waals surface area contributed by atoms with Gasteiger partial charge in [-0.1, -0.05) is 12.1 Å². The lowest BCUT2D eigenvalue weighted by Crippen LogP contribution is -2.18. The van der Waals surface area contributed by atoms with Crippen LogP contribution in [0.5, 0.6) is 0 Å². The van der Waals surface area contributed by atoms with Crippen LogP contribution in [0.15, 0.2) is 35.1 Å². The summed E-state index contributed by atoms with van der Waals surface area (Å²) in [6, 6.07) is 9.31. The van der Waals surface area contributed by atoms with E-state index in [-0.39, 0.29) is 17.7 Å². The predicted molar refractivity (Wildman–Crippen MR) is 65.2 cm³/mol. The van der Waals surface area contributed by atoms with Gasteiger partial charge in [-0.15, -0.1) is 0 Å². The molecule has 1 heterocycles. The highest BCUT2D eigenvalue weighted by Gasteiger charge is 2.06. The van der Waals surface area contributed by atoms with Crippen molar-refractivity contribution in [3.8, 4) is 5.69 Å². The predicted octanol–water partition coefficient (Wildman–Crippen LogP) is 1.34. The Balaban J connectivity index is 2.63. The van der Waals surface area contributed by atoms with E-state index in [0.29, 0.717) is 0 Å². The zero-order valence-electron chi connectivity index (χ0n) is 9.84. The molecule has 0 amide bonds. The van der Waals surface area contributed by atoms with Crippen LogP contribution in [-0.4, -0.2) is 14.9 Å². The SMILES string of the molecule is Cc1cccc(-n2nc(CO)c(=O)cc2C)c1. The number of aromatic nitrogens is 2. The average Bonchev–Trinajstić information content (AvgIpc) is 2.29. The summed E-state index contributed by atoms with van der Waals surface area (Å²) < 4.78 is 1.67. The molecule has 0 aliphatic rings. The Bertz CT molecular complexity index is 603. The third-order valence-corrected chi connectivity index (χ3v) is 2.58. The second kappa shape index (κ2) is 4.51. The molecule has 4 nitrogen and oxygen atoms in total. The van der Waals surface area contributed by atoms with E-state index in [1.54, 1.807) is 4.68 Å². The number of hydrogen-bond donors (Lipinski definition) is 1. The summed E-state index contributed by atoms with van der Waals surface area (Å²) in [6.07, 6.45) is 0. The molecule has 88 valence electrons. The molecule has 1 aromatic heterocycles. The first-order valence-corrected chi connectivity index (χ1v) is 5.39. The van der Waals surface area contributed by atoms with Gasteiger partial charge in [0.25, 0.3) is 0 Å². The fourth-order valence-electron chi connectivity index (χ4n) is 1.71. The highest BCUT2D eigenvalue weighted by Crippen LogP contribution is 2.10. The van der Waals surface area contributed by atoms with Crippen molar-refractivity contribution in [2.45, 2.75) is 20.5 Å². The summed E-state index contributed by atoms with van der Waals surface area (Å²) in [5, 5.41) is 13.2. The molecule has 0 unspecified atom stereocenters. The van der Waals surface area contributed by atoms with Crippen LogP contribution in [0.2, 0.25) is 0 Å². The molecule has 0 aliphatic carbocycles. The molecule has 0 saturated carbocycles. The van der Waals surface area contributed by atoms with Crippen LogP contribution in [0.25, 0.3) is 5.69 Å². The molecule has 0 radical (unpaired) electrons. The zero-order valence-corrected chi connectivity index (χ0v) is 9.84. The van der Waals surface area contributed by atoms with Gasteiger partial charge in [-0.05, 0) is 31.5 Å². The third-order valence-electron chi connectivity index (χ3n) is 2.58. The van der Waals surface area contributed by atoms with Crippen molar-refractivity contribution in [2.24, 2.45) is 0 Å². The van der Waals surface area contributed by atoms with Crippen molar-refractivity contribution in [1.82, 2.24) is 9.78 Å². The van der Waals surface area contributed by atoms with Gasteiger partial charge in [0.1, 0.15) is 5.69 Å². The standard InChI is InChI=1S/C13H14N2O2/c1-9-4-3-5-11(6-9)15-10(2)7-13(17)12(8-16)14-15/h3-7,16H,8H2,1-2H3. The van der Waals surface area contributed by atoms with Gasteiger partial charge >= 0.3 is 0 Å². The van der Waals surface area contributed by atoms with E-state index in [2.05, 4.69) is 5.10 Å². The Morgan fingerprint density at radius 3 is 2.71 bits per heavy atom. The van der Waals surface area contributed by atoms with Gasteiger partial charge in [0, 0.05) is 11.8 Å². The normalized spacial score (nSPS) is 10.5. The maximum atomic E-state index is 11.5. The number of nitrogens with zero attached hydrogens (tertiary/aromatic N) is 2. The van der Waals surface area contributed by atoms with Gasteiger partial charge in [-0.3, -0.25) is 4.79 Å². The van der Waals surface area contributed by atoms with Crippen LogP contribution in [0.1, 0.15) is 17.0 Å². The maximum absolute atomic E-state index is 11.5. The summed E-state index contributed by atoms with van der Waals surface area (Å²) in [5.41, 5.74) is 2.69. The number of hydrogen-bond acceptors (Lipinski definition) is 3. The van der Waals surface area contributed by atoms with Crippen molar-refractivity contribution >= 4 is 0 Å². The van der Waals surface area contributed by atoms with E-state index in [1.807, 2.05) is 38.1 Å². The van der Waals surface area contributed by atoms with Gasteiger partial charge < -0.3 is 5.11 Å². The summed E-state index contributed by atoms with van der Waals surface area (Å²) in [5.74, 6) is 0. The molecule has 0 bridgehead atoms. The molecule has 1 N–H and O–H groups in total. The van der Waals surface area contributed by atoms with Crippen molar-refractivity contribution in [1.29, 1.82) is 0 Å². The summed E-state index contributed by atoms with van der Waals surface area (Å²) in [7, 11) is 0. The molecule has 2 aromatic rings. The smallest absolute Gasteiger partial charge is 0.206 e. The van der Waals surface area contributed by atoms with Crippen LogP contribution >= 0.6 is 0 Å². The highest BCUT2D eigenvalue weighted by atomic mass is 16.3. The van der Waals surface area contributed by atoms with Crippen molar-refractivity contribution in [3.05, 3.63) is 57.5 Å². The molecule has 0 atom stereocenters. The van der Waals surface area contributed by atoms with Gasteiger partial charge in [0.05, 0.1) is 12.3 Å². The second-order valence-corrected chi connectivity index (χ2v) is 4.01. The third kappa shape index (κ3) is 2.26. The van der Waals surface area contributed by atoms with Crippen LogP contribution in [0, 0.1) is 13.8 Å². The number of rotatable bonds is 2. The molecular formula is C13H14N2O2. The Labute approximate surface area is 99.2 Å². The highest BCUT2D eigenvalue weighted by molar-refractivity contribution is 5.36. The van der Waals surface area contributed by atoms with Crippen molar-refractivity contribution in [2.75, 3.05) is 0 Å². The molecule has 0 saturated heterocycles. The minimum atomic E-state index is -0.342. The summed E-state index contributed by atoms with van der Waals surface area (Å²) >= 11 is 0. The lowest BCUT2D eigenvalue weighted by atomic mass is 10.2. The first kappa shape index (κ1) is 11.5. The zero-order chi connectivity index (χ0) is 12.4. The monoisotopic (exact) mass is 230 g/mol. The average molecular weight is 230 g/mol. The molecule has 2 rings (SSSR count). The van der Waals surface area contributed by atoms with E-state index in [0.717, 1.165) is 16.9 Å². The first-order valence-electron chi connectivity index (χ1n) is 5.39. The Morgan fingerprint density at radius 1 is 1.29 bits per heavy atom. The first-order chi connectivity index (χ1) is 8.11.